The van der Waals surface area contributed by atoms with Gasteiger partial charge in [0.05, 0.1) is 5.41 Å². The average molecular weight is 291 g/mol. The van der Waals surface area contributed by atoms with Gasteiger partial charge in [-0.05, 0) is 31.6 Å². The fourth-order valence-corrected chi connectivity index (χ4v) is 3.10. The van der Waals surface area contributed by atoms with Gasteiger partial charge in [-0.2, -0.15) is 0 Å². The van der Waals surface area contributed by atoms with E-state index in [-0.39, 0.29) is 23.7 Å². The summed E-state index contributed by atoms with van der Waals surface area (Å²) < 4.78 is 5.34. The van der Waals surface area contributed by atoms with E-state index < -0.39 is 0 Å². The van der Waals surface area contributed by atoms with Gasteiger partial charge in [-0.3, -0.25) is 4.79 Å². The number of rotatable bonds is 4. The monoisotopic (exact) mass is 290 g/mol. The Balaban J connectivity index is 0.00000180. The maximum Gasteiger partial charge on any atom is 0.227 e. The summed E-state index contributed by atoms with van der Waals surface area (Å²) in [4.78, 5) is 12.3. The van der Waals surface area contributed by atoms with E-state index in [1.54, 1.807) is 0 Å². The summed E-state index contributed by atoms with van der Waals surface area (Å²) in [5.74, 6) is 0.830. The minimum absolute atomic E-state index is 0. The van der Waals surface area contributed by atoms with Gasteiger partial charge >= 0.3 is 0 Å². The molecular weight excluding hydrogens is 264 g/mol. The van der Waals surface area contributed by atoms with Crippen LogP contribution in [0, 0.1) is 11.3 Å². The topological polar surface area (TPSA) is 64.4 Å². The molecule has 0 bridgehead atoms. The molecule has 2 fully saturated rings. The van der Waals surface area contributed by atoms with Crippen LogP contribution in [0.3, 0.4) is 0 Å². The highest BCUT2D eigenvalue weighted by atomic mass is 35.5. The predicted octanol–water partition coefficient (Wildman–Crippen LogP) is 1.86. The van der Waals surface area contributed by atoms with Crippen molar-refractivity contribution < 1.29 is 9.53 Å². The van der Waals surface area contributed by atoms with Crippen molar-refractivity contribution in [1.29, 1.82) is 0 Å². The molecule has 19 heavy (non-hydrogen) atoms. The molecule has 1 amide bonds. The highest BCUT2D eigenvalue weighted by Crippen LogP contribution is 2.30. The molecule has 112 valence electrons. The molecule has 5 heteroatoms. The smallest absolute Gasteiger partial charge is 0.227 e. The zero-order valence-corrected chi connectivity index (χ0v) is 12.5. The Morgan fingerprint density at radius 1 is 1.21 bits per heavy atom. The lowest BCUT2D eigenvalue weighted by molar-refractivity contribution is -0.136. The molecule has 0 unspecified atom stereocenters. The van der Waals surface area contributed by atoms with Gasteiger partial charge in [0.25, 0.3) is 0 Å². The molecule has 2 aliphatic rings. The Bertz CT molecular complexity index is 275. The molecule has 1 aliphatic heterocycles. The molecule has 4 nitrogen and oxygen atoms in total. The van der Waals surface area contributed by atoms with E-state index in [0.717, 1.165) is 19.4 Å². The van der Waals surface area contributed by atoms with Gasteiger partial charge in [-0.1, -0.05) is 19.3 Å². The van der Waals surface area contributed by atoms with Crippen molar-refractivity contribution >= 4 is 18.3 Å². The first-order valence-corrected chi connectivity index (χ1v) is 7.33. The first kappa shape index (κ1) is 16.7. The second-order valence-corrected chi connectivity index (χ2v) is 5.81. The van der Waals surface area contributed by atoms with E-state index in [1.807, 2.05) is 0 Å². The summed E-state index contributed by atoms with van der Waals surface area (Å²) in [5, 5.41) is 3.14. The number of nitrogens with one attached hydrogen (secondary N) is 1. The highest BCUT2D eigenvalue weighted by Gasteiger charge is 2.38. The minimum Gasteiger partial charge on any atom is -0.381 e. The number of halogens is 1. The van der Waals surface area contributed by atoms with Crippen molar-refractivity contribution in [2.24, 2.45) is 17.1 Å². The van der Waals surface area contributed by atoms with Crippen LogP contribution in [-0.2, 0) is 9.53 Å². The first-order valence-electron chi connectivity index (χ1n) is 7.33. The van der Waals surface area contributed by atoms with Crippen LogP contribution in [0.2, 0.25) is 0 Å². The molecule has 0 radical (unpaired) electrons. The standard InChI is InChI=1S/C14H26N2O2.ClH/c15-11-14(6-8-18-9-7-14)13(17)16-10-12-4-2-1-3-5-12;/h12H,1-11,15H2,(H,16,17);1H. The number of carbonyl (C=O) groups is 1. The zero-order valence-electron chi connectivity index (χ0n) is 11.7. The van der Waals surface area contributed by atoms with Crippen LogP contribution in [0.4, 0.5) is 0 Å². The summed E-state index contributed by atoms with van der Waals surface area (Å²) in [5.41, 5.74) is 5.46. The molecule has 2 rings (SSSR count). The van der Waals surface area contributed by atoms with Gasteiger partial charge < -0.3 is 15.8 Å². The fraction of sp³-hybridized carbons (Fsp3) is 0.929. The Kier molecular flexibility index (Phi) is 7.11. The Morgan fingerprint density at radius 3 is 2.42 bits per heavy atom. The number of amides is 1. The van der Waals surface area contributed by atoms with E-state index in [2.05, 4.69) is 5.32 Å². The van der Waals surface area contributed by atoms with Gasteiger partial charge in [0, 0.05) is 26.3 Å². The van der Waals surface area contributed by atoms with Crippen molar-refractivity contribution in [3.05, 3.63) is 0 Å². The molecule has 3 N–H and O–H groups in total. The molecular formula is C14H27ClN2O2. The van der Waals surface area contributed by atoms with Crippen molar-refractivity contribution in [2.75, 3.05) is 26.3 Å². The Labute approximate surface area is 122 Å². The van der Waals surface area contributed by atoms with Crippen molar-refractivity contribution in [2.45, 2.75) is 44.9 Å². The lowest BCUT2D eigenvalue weighted by Gasteiger charge is -2.35. The number of nitrogens with two attached hydrogens (primary N) is 1. The van der Waals surface area contributed by atoms with Gasteiger partial charge in [-0.15, -0.1) is 12.4 Å². The first-order chi connectivity index (χ1) is 8.77. The lowest BCUT2D eigenvalue weighted by atomic mass is 9.79. The summed E-state index contributed by atoms with van der Waals surface area (Å²) in [7, 11) is 0. The van der Waals surface area contributed by atoms with Crippen molar-refractivity contribution in [3.63, 3.8) is 0 Å². The van der Waals surface area contributed by atoms with Gasteiger partial charge in [0.1, 0.15) is 0 Å². The van der Waals surface area contributed by atoms with Crippen LogP contribution in [0.1, 0.15) is 44.9 Å². The average Bonchev–Trinajstić information content (AvgIpc) is 2.46. The van der Waals surface area contributed by atoms with Crippen LogP contribution in [-0.4, -0.2) is 32.2 Å². The van der Waals surface area contributed by atoms with Crippen LogP contribution in [0.25, 0.3) is 0 Å². The van der Waals surface area contributed by atoms with Crippen LogP contribution in [0.15, 0.2) is 0 Å². The molecule has 0 atom stereocenters. The Morgan fingerprint density at radius 2 is 1.84 bits per heavy atom. The highest BCUT2D eigenvalue weighted by molar-refractivity contribution is 5.85. The van der Waals surface area contributed by atoms with Gasteiger partial charge in [0.2, 0.25) is 5.91 Å². The normalized spacial score (nSPS) is 23.4. The zero-order chi connectivity index (χ0) is 12.8. The molecule has 0 aromatic rings. The molecule has 1 aliphatic carbocycles. The van der Waals surface area contributed by atoms with Gasteiger partial charge in [0.15, 0.2) is 0 Å². The molecule has 1 saturated heterocycles. The predicted molar refractivity (Wildman–Crippen MR) is 78.4 cm³/mol. The van der Waals surface area contributed by atoms with E-state index in [4.69, 9.17) is 10.5 Å². The molecule has 1 heterocycles. The number of hydrogen-bond donors (Lipinski definition) is 2. The van der Waals surface area contributed by atoms with Gasteiger partial charge in [-0.25, -0.2) is 0 Å². The molecule has 1 saturated carbocycles. The molecule has 0 spiro atoms. The van der Waals surface area contributed by atoms with Crippen molar-refractivity contribution in [3.8, 4) is 0 Å². The third-order valence-corrected chi connectivity index (χ3v) is 4.60. The lowest BCUT2D eigenvalue weighted by Crippen LogP contribution is -2.50. The van der Waals surface area contributed by atoms with E-state index in [9.17, 15) is 4.79 Å². The third-order valence-electron chi connectivity index (χ3n) is 4.60. The van der Waals surface area contributed by atoms with Crippen molar-refractivity contribution in [1.82, 2.24) is 5.32 Å². The summed E-state index contributed by atoms with van der Waals surface area (Å²) in [6.45, 7) is 2.59. The second kappa shape index (κ2) is 8.08. The molecule has 0 aromatic carbocycles. The largest absolute Gasteiger partial charge is 0.381 e. The van der Waals surface area contributed by atoms with E-state index in [0.29, 0.717) is 25.7 Å². The summed E-state index contributed by atoms with van der Waals surface area (Å²) in [6, 6.07) is 0. The SMILES string of the molecule is Cl.NCC1(C(=O)NCC2CCCCC2)CCOCC1. The summed E-state index contributed by atoms with van der Waals surface area (Å²) >= 11 is 0. The fourth-order valence-electron chi connectivity index (χ4n) is 3.10. The van der Waals surface area contributed by atoms with Crippen LogP contribution >= 0.6 is 12.4 Å². The third kappa shape index (κ3) is 4.33. The quantitative estimate of drug-likeness (QED) is 0.831. The maximum atomic E-state index is 12.3. The Hall–Kier alpha value is -0.320. The molecule has 0 aromatic heterocycles. The van der Waals surface area contributed by atoms with E-state index >= 15 is 0 Å². The minimum atomic E-state index is -0.368. The van der Waals surface area contributed by atoms with Crippen LogP contribution in [0.5, 0.6) is 0 Å². The summed E-state index contributed by atoms with van der Waals surface area (Å²) in [6.07, 6.45) is 8.04. The van der Waals surface area contributed by atoms with E-state index in [1.165, 1.54) is 32.1 Å². The number of ether oxygens (including phenoxy) is 1. The second-order valence-electron chi connectivity index (χ2n) is 5.81. The number of hydrogen-bond acceptors (Lipinski definition) is 3. The van der Waals surface area contributed by atoms with Crippen LogP contribution < -0.4 is 11.1 Å². The number of carbonyl (C=O) groups excluding carboxylic acids is 1. The maximum absolute atomic E-state index is 12.3.